The fourth-order valence-electron chi connectivity index (χ4n) is 2.43. The number of rotatable bonds is 3. The fourth-order valence-corrected chi connectivity index (χ4v) is 3.89. The molecule has 0 unspecified atom stereocenters. The molecule has 5 nitrogen and oxygen atoms in total. The van der Waals surface area contributed by atoms with E-state index in [2.05, 4.69) is 15.3 Å². The van der Waals surface area contributed by atoms with Crippen LogP contribution in [-0.4, -0.2) is 15.9 Å². The smallest absolute Gasteiger partial charge is 0.258 e. The van der Waals surface area contributed by atoms with Gasteiger partial charge in [0.05, 0.1) is 16.1 Å². The van der Waals surface area contributed by atoms with E-state index in [-0.39, 0.29) is 11.5 Å². The van der Waals surface area contributed by atoms with Crippen molar-refractivity contribution in [2.24, 2.45) is 0 Å². The minimum atomic E-state index is -0.343. The average molecular weight is 353 g/mol. The van der Waals surface area contributed by atoms with Gasteiger partial charge in [-0.1, -0.05) is 24.3 Å². The zero-order chi connectivity index (χ0) is 16.5. The number of carbonyl (C=O) groups excluding carboxylic acids is 1. The van der Waals surface area contributed by atoms with Crippen LogP contribution in [-0.2, 0) is 0 Å². The van der Waals surface area contributed by atoms with Gasteiger partial charge < -0.3 is 4.98 Å². The molecule has 1 amide bonds. The summed E-state index contributed by atoms with van der Waals surface area (Å²) in [5, 5.41) is 7.87. The molecular weight excluding hydrogens is 342 g/mol. The average Bonchev–Trinajstić information content (AvgIpc) is 3.25. The molecule has 2 N–H and O–H groups in total. The molecule has 0 spiro atoms. The van der Waals surface area contributed by atoms with Crippen molar-refractivity contribution in [2.75, 3.05) is 5.32 Å². The molecule has 3 aromatic heterocycles. The maximum absolute atomic E-state index is 12.6. The van der Waals surface area contributed by atoms with Gasteiger partial charge in [-0.05, 0) is 17.5 Å². The van der Waals surface area contributed by atoms with E-state index in [4.69, 9.17) is 0 Å². The number of aromatic nitrogens is 2. The van der Waals surface area contributed by atoms with Crippen LogP contribution in [0.3, 0.4) is 0 Å². The Morgan fingerprint density at radius 3 is 2.83 bits per heavy atom. The number of anilines is 1. The topological polar surface area (TPSA) is 74.8 Å². The molecule has 24 heavy (non-hydrogen) atoms. The molecule has 0 saturated carbocycles. The number of pyridine rings is 1. The number of nitrogens with one attached hydrogen (secondary N) is 2. The molecule has 1 aromatic carbocycles. The number of para-hydroxylation sites is 1. The Hall–Kier alpha value is -2.77. The second kappa shape index (κ2) is 6.03. The number of H-pyrrole nitrogens is 1. The summed E-state index contributed by atoms with van der Waals surface area (Å²) in [5.41, 5.74) is 1.49. The molecule has 4 aromatic rings. The van der Waals surface area contributed by atoms with Gasteiger partial charge in [0.25, 0.3) is 5.91 Å². The molecule has 0 radical (unpaired) electrons. The van der Waals surface area contributed by atoms with Gasteiger partial charge in [0.15, 0.2) is 5.13 Å². The SMILES string of the molecule is O=C(Nc1nc(-c2cccs2)cs1)c1cc(=O)[nH]c2ccccc12. The van der Waals surface area contributed by atoms with E-state index in [0.29, 0.717) is 21.6 Å². The second-order valence-electron chi connectivity index (χ2n) is 5.06. The van der Waals surface area contributed by atoms with Gasteiger partial charge in [-0.25, -0.2) is 4.98 Å². The van der Waals surface area contributed by atoms with Crippen LogP contribution in [0, 0.1) is 0 Å². The van der Waals surface area contributed by atoms with Crippen molar-refractivity contribution in [3.8, 4) is 10.6 Å². The van der Waals surface area contributed by atoms with Crippen LogP contribution >= 0.6 is 22.7 Å². The Morgan fingerprint density at radius 2 is 2.00 bits per heavy atom. The number of aromatic amines is 1. The zero-order valence-electron chi connectivity index (χ0n) is 12.3. The molecule has 0 aliphatic carbocycles. The highest BCUT2D eigenvalue weighted by Crippen LogP contribution is 2.28. The van der Waals surface area contributed by atoms with E-state index >= 15 is 0 Å². The number of amides is 1. The molecule has 4 rings (SSSR count). The molecule has 0 atom stereocenters. The number of thiazole rings is 1. The highest BCUT2D eigenvalue weighted by atomic mass is 32.1. The molecule has 0 aliphatic rings. The summed E-state index contributed by atoms with van der Waals surface area (Å²) in [7, 11) is 0. The highest BCUT2D eigenvalue weighted by Gasteiger charge is 2.14. The lowest BCUT2D eigenvalue weighted by Crippen LogP contribution is -2.16. The van der Waals surface area contributed by atoms with Gasteiger partial charge in [-0.2, -0.15) is 0 Å². The summed E-state index contributed by atoms with van der Waals surface area (Å²) in [6.45, 7) is 0. The first-order valence-corrected chi connectivity index (χ1v) is 8.89. The van der Waals surface area contributed by atoms with Crippen molar-refractivity contribution >= 4 is 44.6 Å². The molecule has 0 bridgehead atoms. The standard InChI is InChI=1S/C17H11N3O2S2/c21-15-8-11(10-4-1-2-5-12(10)18-15)16(22)20-17-19-13(9-24-17)14-6-3-7-23-14/h1-9H,(H,18,21)(H,19,20,22). The van der Waals surface area contributed by atoms with Gasteiger partial charge >= 0.3 is 0 Å². The minimum absolute atomic E-state index is 0.308. The Labute approximate surface area is 144 Å². The number of fused-ring (bicyclic) bond motifs is 1. The molecule has 7 heteroatoms. The normalized spacial score (nSPS) is 10.8. The lowest BCUT2D eigenvalue weighted by Gasteiger charge is -2.05. The van der Waals surface area contributed by atoms with Crippen LogP contribution in [0.2, 0.25) is 0 Å². The lowest BCUT2D eigenvalue weighted by molar-refractivity contribution is 0.102. The summed E-state index contributed by atoms with van der Waals surface area (Å²) in [6, 6.07) is 12.5. The van der Waals surface area contributed by atoms with E-state index in [1.165, 1.54) is 17.4 Å². The predicted octanol–water partition coefficient (Wildman–Crippen LogP) is 3.97. The summed E-state index contributed by atoms with van der Waals surface area (Å²) < 4.78 is 0. The summed E-state index contributed by atoms with van der Waals surface area (Å²) >= 11 is 2.95. The van der Waals surface area contributed by atoms with Crippen LogP contribution in [0.15, 0.2) is 58.0 Å². The van der Waals surface area contributed by atoms with Crippen molar-refractivity contribution < 1.29 is 4.79 Å². The third-order valence-electron chi connectivity index (χ3n) is 3.49. The molecular formula is C17H11N3O2S2. The van der Waals surface area contributed by atoms with Crippen molar-refractivity contribution in [3.05, 3.63) is 69.1 Å². The maximum Gasteiger partial charge on any atom is 0.258 e. The van der Waals surface area contributed by atoms with Gasteiger partial charge in [0, 0.05) is 22.3 Å². The van der Waals surface area contributed by atoms with Gasteiger partial charge in [0.2, 0.25) is 5.56 Å². The van der Waals surface area contributed by atoms with Gasteiger partial charge in [0.1, 0.15) is 0 Å². The number of thiophene rings is 1. The Balaban J connectivity index is 1.67. The van der Waals surface area contributed by atoms with Gasteiger partial charge in [-0.15, -0.1) is 22.7 Å². The fraction of sp³-hybridized carbons (Fsp3) is 0. The number of nitrogens with zero attached hydrogens (tertiary/aromatic N) is 1. The maximum atomic E-state index is 12.6. The first-order chi connectivity index (χ1) is 11.7. The number of hydrogen-bond acceptors (Lipinski definition) is 5. The van der Waals surface area contributed by atoms with E-state index in [1.54, 1.807) is 23.5 Å². The van der Waals surface area contributed by atoms with Crippen molar-refractivity contribution in [2.45, 2.75) is 0 Å². The summed E-state index contributed by atoms with van der Waals surface area (Å²) in [6.07, 6.45) is 0. The quantitative estimate of drug-likeness (QED) is 0.585. The number of hydrogen-bond donors (Lipinski definition) is 2. The van der Waals surface area contributed by atoms with Crippen LogP contribution < -0.4 is 10.9 Å². The zero-order valence-corrected chi connectivity index (χ0v) is 13.9. The third-order valence-corrected chi connectivity index (χ3v) is 5.14. The Morgan fingerprint density at radius 1 is 1.12 bits per heavy atom. The molecule has 0 saturated heterocycles. The lowest BCUT2D eigenvalue weighted by atomic mass is 10.1. The summed E-state index contributed by atoms with van der Waals surface area (Å²) in [5.74, 6) is -0.343. The largest absolute Gasteiger partial charge is 0.322 e. The molecule has 0 fully saturated rings. The number of carbonyl (C=O) groups is 1. The highest BCUT2D eigenvalue weighted by molar-refractivity contribution is 7.16. The Bertz CT molecular complexity index is 1080. The first kappa shape index (κ1) is 14.8. The van der Waals surface area contributed by atoms with Crippen molar-refractivity contribution in [3.63, 3.8) is 0 Å². The Kier molecular flexibility index (Phi) is 3.72. The van der Waals surface area contributed by atoms with E-state index in [0.717, 1.165) is 10.6 Å². The second-order valence-corrected chi connectivity index (χ2v) is 6.87. The van der Waals surface area contributed by atoms with Crippen molar-refractivity contribution in [1.82, 2.24) is 9.97 Å². The molecule has 118 valence electrons. The van der Waals surface area contributed by atoms with Crippen LogP contribution in [0.25, 0.3) is 21.5 Å². The van der Waals surface area contributed by atoms with Gasteiger partial charge in [-0.3, -0.25) is 14.9 Å². The van der Waals surface area contributed by atoms with E-state index < -0.39 is 0 Å². The number of benzene rings is 1. The molecule has 3 heterocycles. The van der Waals surface area contributed by atoms with E-state index in [1.807, 2.05) is 35.0 Å². The monoisotopic (exact) mass is 353 g/mol. The van der Waals surface area contributed by atoms with Crippen molar-refractivity contribution in [1.29, 1.82) is 0 Å². The van der Waals surface area contributed by atoms with Crippen LogP contribution in [0.4, 0.5) is 5.13 Å². The third kappa shape index (κ3) is 2.75. The van der Waals surface area contributed by atoms with Crippen LogP contribution in [0.1, 0.15) is 10.4 Å². The minimum Gasteiger partial charge on any atom is -0.322 e. The first-order valence-electron chi connectivity index (χ1n) is 7.13. The molecule has 0 aliphatic heterocycles. The van der Waals surface area contributed by atoms with Crippen LogP contribution in [0.5, 0.6) is 0 Å². The van der Waals surface area contributed by atoms with E-state index in [9.17, 15) is 9.59 Å². The summed E-state index contributed by atoms with van der Waals surface area (Å²) in [4.78, 5) is 32.6. The predicted molar refractivity (Wildman–Crippen MR) is 97.9 cm³/mol.